The van der Waals surface area contributed by atoms with Crippen LogP contribution in [0.25, 0.3) is 10.9 Å². The van der Waals surface area contributed by atoms with Gasteiger partial charge in [0.25, 0.3) is 0 Å². The predicted octanol–water partition coefficient (Wildman–Crippen LogP) is 3.15. The highest BCUT2D eigenvalue weighted by Crippen LogP contribution is 2.32. The van der Waals surface area contributed by atoms with Crippen LogP contribution in [0.5, 0.6) is 0 Å². The van der Waals surface area contributed by atoms with Gasteiger partial charge in [0, 0.05) is 24.6 Å². The smallest absolute Gasteiger partial charge is 0.129 e. The summed E-state index contributed by atoms with van der Waals surface area (Å²) >= 11 is 0. The number of anilines is 1. The average molecular weight is 316 g/mol. The second kappa shape index (κ2) is 5.73. The van der Waals surface area contributed by atoms with E-state index in [1.807, 2.05) is 12.1 Å². The van der Waals surface area contributed by atoms with Crippen molar-refractivity contribution in [1.29, 1.82) is 0 Å². The van der Waals surface area contributed by atoms with Crippen molar-refractivity contribution in [2.45, 2.75) is 31.5 Å². The fraction of sp³-hybridized carbons (Fsp3) is 0.500. The monoisotopic (exact) mass is 316 g/mol. The third-order valence-corrected chi connectivity index (χ3v) is 4.66. The molecular weight excluding hydrogens is 295 g/mol. The molecule has 0 bridgehead atoms. The van der Waals surface area contributed by atoms with E-state index in [0.29, 0.717) is 12.1 Å². The highest BCUT2D eigenvalue weighted by atomic mass is 19.1. The maximum Gasteiger partial charge on any atom is 0.129 e. The molecule has 3 heterocycles. The molecule has 0 N–H and O–H groups in total. The van der Waals surface area contributed by atoms with Gasteiger partial charge < -0.3 is 14.4 Å². The van der Waals surface area contributed by atoms with Gasteiger partial charge in [-0.05, 0) is 44.0 Å². The number of rotatable bonds is 1. The lowest BCUT2D eigenvalue weighted by molar-refractivity contribution is -0.160. The van der Waals surface area contributed by atoms with Gasteiger partial charge in [-0.2, -0.15) is 0 Å². The Morgan fingerprint density at radius 1 is 1.30 bits per heavy atom. The Morgan fingerprint density at radius 2 is 2.17 bits per heavy atom. The van der Waals surface area contributed by atoms with Gasteiger partial charge >= 0.3 is 0 Å². The molecular formula is C18H21FN2O2. The van der Waals surface area contributed by atoms with Gasteiger partial charge in [-0.15, -0.1) is 0 Å². The van der Waals surface area contributed by atoms with Crippen LogP contribution in [0.4, 0.5) is 10.2 Å². The zero-order valence-electron chi connectivity index (χ0n) is 13.3. The molecule has 5 heteroatoms. The molecule has 0 aliphatic carbocycles. The van der Waals surface area contributed by atoms with E-state index >= 15 is 0 Å². The molecule has 2 aliphatic rings. The summed E-state index contributed by atoms with van der Waals surface area (Å²) in [7, 11) is 0. The van der Waals surface area contributed by atoms with Crippen LogP contribution in [0.3, 0.4) is 0 Å². The maximum absolute atomic E-state index is 13.5. The lowest BCUT2D eigenvalue weighted by Crippen LogP contribution is -2.58. The fourth-order valence-electron chi connectivity index (χ4n) is 3.70. The number of morpholine rings is 1. The lowest BCUT2D eigenvalue weighted by Gasteiger charge is -2.47. The molecule has 1 spiro atoms. The summed E-state index contributed by atoms with van der Waals surface area (Å²) in [5, 5.41) is 0.951. The standard InChI is InChI=1S/C18H21FN2O2/c1-13-10-21(11-18(23-13)7-2-8-22-12-18)17-6-4-14-3-5-15(19)9-16(14)20-17/h3-6,9,13H,2,7-8,10-12H2,1H3. The number of halogens is 1. The Kier molecular flexibility index (Phi) is 3.70. The summed E-state index contributed by atoms with van der Waals surface area (Å²) in [6.45, 7) is 5.09. The zero-order valence-corrected chi connectivity index (χ0v) is 13.3. The second-order valence-corrected chi connectivity index (χ2v) is 6.65. The first-order valence-electron chi connectivity index (χ1n) is 8.20. The minimum absolute atomic E-state index is 0.121. The topological polar surface area (TPSA) is 34.6 Å². The summed E-state index contributed by atoms with van der Waals surface area (Å²) in [4.78, 5) is 6.90. The van der Waals surface area contributed by atoms with Crippen molar-refractivity contribution in [3.63, 3.8) is 0 Å². The van der Waals surface area contributed by atoms with Crippen molar-refractivity contribution in [1.82, 2.24) is 4.98 Å². The van der Waals surface area contributed by atoms with Crippen LogP contribution in [-0.2, 0) is 9.47 Å². The normalized spacial score (nSPS) is 28.4. The second-order valence-electron chi connectivity index (χ2n) is 6.65. The van der Waals surface area contributed by atoms with Crippen LogP contribution in [0.15, 0.2) is 30.3 Å². The van der Waals surface area contributed by atoms with Crippen LogP contribution >= 0.6 is 0 Å². The molecule has 122 valence electrons. The number of pyridine rings is 1. The van der Waals surface area contributed by atoms with Crippen LogP contribution in [0.2, 0.25) is 0 Å². The Morgan fingerprint density at radius 3 is 3.00 bits per heavy atom. The van der Waals surface area contributed by atoms with Crippen molar-refractivity contribution in [3.8, 4) is 0 Å². The number of nitrogens with zero attached hydrogens (tertiary/aromatic N) is 2. The number of hydrogen-bond donors (Lipinski definition) is 0. The molecule has 4 rings (SSSR count). The number of hydrogen-bond acceptors (Lipinski definition) is 4. The Balaban J connectivity index is 1.65. The number of fused-ring (bicyclic) bond motifs is 1. The fourth-order valence-corrected chi connectivity index (χ4v) is 3.70. The summed E-state index contributed by atoms with van der Waals surface area (Å²) in [6.07, 6.45) is 2.16. The molecule has 2 aromatic rings. The lowest BCUT2D eigenvalue weighted by atomic mass is 9.93. The molecule has 2 fully saturated rings. The summed E-state index contributed by atoms with van der Waals surface area (Å²) < 4.78 is 25.3. The van der Waals surface area contributed by atoms with E-state index in [2.05, 4.69) is 16.8 Å². The largest absolute Gasteiger partial charge is 0.378 e. The third kappa shape index (κ3) is 2.91. The number of benzene rings is 1. The van der Waals surface area contributed by atoms with Crippen molar-refractivity contribution >= 4 is 16.7 Å². The highest BCUT2D eigenvalue weighted by Gasteiger charge is 2.41. The van der Waals surface area contributed by atoms with Crippen LogP contribution in [-0.4, -0.2) is 43.0 Å². The van der Waals surface area contributed by atoms with Crippen molar-refractivity contribution in [3.05, 3.63) is 36.1 Å². The molecule has 2 atom stereocenters. The van der Waals surface area contributed by atoms with Crippen molar-refractivity contribution in [2.24, 2.45) is 0 Å². The maximum atomic E-state index is 13.5. The summed E-state index contributed by atoms with van der Waals surface area (Å²) in [5.74, 6) is 0.623. The molecule has 0 radical (unpaired) electrons. The van der Waals surface area contributed by atoms with Gasteiger partial charge in [-0.3, -0.25) is 0 Å². The van der Waals surface area contributed by atoms with E-state index in [1.165, 1.54) is 12.1 Å². The zero-order chi connectivity index (χ0) is 15.9. The molecule has 0 saturated carbocycles. The molecule has 2 saturated heterocycles. The highest BCUT2D eigenvalue weighted by molar-refractivity contribution is 5.80. The van der Waals surface area contributed by atoms with Gasteiger partial charge in [-0.25, -0.2) is 9.37 Å². The van der Waals surface area contributed by atoms with Gasteiger partial charge in [0.2, 0.25) is 0 Å². The van der Waals surface area contributed by atoms with E-state index in [4.69, 9.17) is 9.47 Å². The molecule has 23 heavy (non-hydrogen) atoms. The Hall–Kier alpha value is -1.72. The van der Waals surface area contributed by atoms with E-state index in [-0.39, 0.29) is 17.5 Å². The minimum atomic E-state index is -0.255. The van der Waals surface area contributed by atoms with E-state index < -0.39 is 0 Å². The van der Waals surface area contributed by atoms with Gasteiger partial charge in [0.05, 0.1) is 24.8 Å². The first kappa shape index (κ1) is 14.8. The summed E-state index contributed by atoms with van der Waals surface area (Å²) in [5.41, 5.74) is 0.449. The van der Waals surface area contributed by atoms with Crippen LogP contribution < -0.4 is 4.90 Å². The molecule has 1 aromatic heterocycles. The average Bonchev–Trinajstić information content (AvgIpc) is 2.54. The van der Waals surface area contributed by atoms with E-state index in [1.54, 1.807) is 6.07 Å². The number of ether oxygens (including phenoxy) is 2. The van der Waals surface area contributed by atoms with Crippen LogP contribution in [0, 0.1) is 5.82 Å². The van der Waals surface area contributed by atoms with Gasteiger partial charge in [0.1, 0.15) is 17.2 Å². The Bertz CT molecular complexity index is 715. The summed E-state index contributed by atoms with van der Waals surface area (Å²) in [6, 6.07) is 8.73. The SMILES string of the molecule is CC1CN(c2ccc3ccc(F)cc3n2)CC2(CCCOC2)O1. The first-order valence-corrected chi connectivity index (χ1v) is 8.20. The molecule has 4 nitrogen and oxygen atoms in total. The first-order chi connectivity index (χ1) is 11.1. The molecule has 0 amide bonds. The van der Waals surface area contributed by atoms with Gasteiger partial charge in [-0.1, -0.05) is 0 Å². The predicted molar refractivity (Wildman–Crippen MR) is 87.2 cm³/mol. The van der Waals surface area contributed by atoms with E-state index in [0.717, 1.165) is 43.7 Å². The Labute approximate surface area is 135 Å². The minimum Gasteiger partial charge on any atom is -0.378 e. The van der Waals surface area contributed by atoms with Crippen molar-refractivity contribution in [2.75, 3.05) is 31.2 Å². The quantitative estimate of drug-likeness (QED) is 0.809. The molecule has 2 unspecified atom stereocenters. The number of aromatic nitrogens is 1. The third-order valence-electron chi connectivity index (χ3n) is 4.66. The van der Waals surface area contributed by atoms with Crippen LogP contribution in [0.1, 0.15) is 19.8 Å². The van der Waals surface area contributed by atoms with Gasteiger partial charge in [0.15, 0.2) is 0 Å². The molecule has 2 aliphatic heterocycles. The van der Waals surface area contributed by atoms with E-state index in [9.17, 15) is 4.39 Å². The van der Waals surface area contributed by atoms with Crippen molar-refractivity contribution < 1.29 is 13.9 Å². The molecule has 1 aromatic carbocycles.